The third-order valence-corrected chi connectivity index (χ3v) is 3.56. The minimum absolute atomic E-state index is 0.383. The number of halogens is 3. The number of nitrogens with two attached hydrogens (primary N) is 1. The van der Waals surface area contributed by atoms with Gasteiger partial charge in [0.2, 0.25) is 0 Å². The number of rotatable bonds is 2. The van der Waals surface area contributed by atoms with Gasteiger partial charge in [0.1, 0.15) is 5.82 Å². The molecule has 1 aromatic heterocycles. The van der Waals surface area contributed by atoms with E-state index < -0.39 is 6.04 Å². The molecule has 1 unspecified atom stereocenters. The second kappa shape index (κ2) is 5.25. The summed E-state index contributed by atoms with van der Waals surface area (Å²) in [5, 5.41) is 0. The standard InChI is InChI=1S/C12H9Br2FN2/c13-8-1-2-10(11(14)4-8)12(16)7-3-9(15)6-17-5-7/h1-6,12H,16H2. The lowest BCUT2D eigenvalue weighted by Gasteiger charge is -2.14. The Balaban J connectivity index is 2.40. The molecule has 0 saturated heterocycles. The van der Waals surface area contributed by atoms with Gasteiger partial charge in [0, 0.05) is 15.1 Å². The molecule has 0 amide bonds. The van der Waals surface area contributed by atoms with E-state index in [1.54, 1.807) is 6.20 Å². The molecule has 88 valence electrons. The lowest BCUT2D eigenvalue weighted by molar-refractivity contribution is 0.616. The number of benzene rings is 1. The Kier molecular flexibility index (Phi) is 3.91. The van der Waals surface area contributed by atoms with Gasteiger partial charge in [-0.1, -0.05) is 37.9 Å². The molecule has 2 nitrogen and oxygen atoms in total. The van der Waals surface area contributed by atoms with Crippen molar-refractivity contribution < 1.29 is 4.39 Å². The Morgan fingerprint density at radius 2 is 1.94 bits per heavy atom. The highest BCUT2D eigenvalue weighted by molar-refractivity contribution is 9.11. The van der Waals surface area contributed by atoms with Crippen molar-refractivity contribution in [3.8, 4) is 0 Å². The van der Waals surface area contributed by atoms with Gasteiger partial charge in [-0.2, -0.15) is 0 Å². The third kappa shape index (κ3) is 2.91. The normalized spacial score (nSPS) is 12.5. The Morgan fingerprint density at radius 3 is 2.59 bits per heavy atom. The zero-order chi connectivity index (χ0) is 12.4. The molecule has 2 rings (SSSR count). The summed E-state index contributed by atoms with van der Waals surface area (Å²) in [5.74, 6) is -0.383. The van der Waals surface area contributed by atoms with Crippen LogP contribution in [0.1, 0.15) is 17.2 Å². The van der Waals surface area contributed by atoms with Gasteiger partial charge in [-0.25, -0.2) is 4.39 Å². The van der Waals surface area contributed by atoms with Crippen LogP contribution in [-0.4, -0.2) is 4.98 Å². The SMILES string of the molecule is NC(c1cncc(F)c1)c1ccc(Br)cc1Br. The highest BCUT2D eigenvalue weighted by atomic mass is 79.9. The Hall–Kier alpha value is -0.780. The third-order valence-electron chi connectivity index (χ3n) is 2.38. The highest BCUT2D eigenvalue weighted by Crippen LogP contribution is 2.29. The van der Waals surface area contributed by atoms with Crippen LogP contribution in [0.2, 0.25) is 0 Å². The molecule has 0 bridgehead atoms. The van der Waals surface area contributed by atoms with Gasteiger partial charge < -0.3 is 5.73 Å². The molecular formula is C12H9Br2FN2. The smallest absolute Gasteiger partial charge is 0.141 e. The van der Waals surface area contributed by atoms with Crippen molar-refractivity contribution in [2.24, 2.45) is 5.73 Å². The second-order valence-electron chi connectivity index (χ2n) is 3.58. The fraction of sp³-hybridized carbons (Fsp3) is 0.0833. The average molecular weight is 360 g/mol. The first kappa shape index (κ1) is 12.7. The molecule has 17 heavy (non-hydrogen) atoms. The number of pyridine rings is 1. The molecule has 2 aromatic rings. The minimum atomic E-state index is -0.402. The van der Waals surface area contributed by atoms with Crippen LogP contribution < -0.4 is 5.73 Å². The second-order valence-corrected chi connectivity index (χ2v) is 5.35. The maximum Gasteiger partial charge on any atom is 0.141 e. The average Bonchev–Trinajstić information content (AvgIpc) is 2.28. The summed E-state index contributed by atoms with van der Waals surface area (Å²) in [6, 6.07) is 6.69. The summed E-state index contributed by atoms with van der Waals surface area (Å²) in [6.07, 6.45) is 2.73. The van der Waals surface area contributed by atoms with E-state index in [1.807, 2.05) is 18.2 Å². The van der Waals surface area contributed by atoms with Gasteiger partial charge in [-0.15, -0.1) is 0 Å². The maximum atomic E-state index is 13.1. The predicted molar refractivity (Wildman–Crippen MR) is 72.1 cm³/mol. The van der Waals surface area contributed by atoms with E-state index in [2.05, 4.69) is 36.8 Å². The van der Waals surface area contributed by atoms with Gasteiger partial charge >= 0.3 is 0 Å². The van der Waals surface area contributed by atoms with Crippen molar-refractivity contribution in [2.45, 2.75) is 6.04 Å². The summed E-state index contributed by atoms with van der Waals surface area (Å²) in [7, 11) is 0. The molecular weight excluding hydrogens is 351 g/mol. The van der Waals surface area contributed by atoms with Crippen molar-refractivity contribution >= 4 is 31.9 Å². The zero-order valence-electron chi connectivity index (χ0n) is 8.70. The zero-order valence-corrected chi connectivity index (χ0v) is 11.9. The Bertz CT molecular complexity index is 546. The topological polar surface area (TPSA) is 38.9 Å². The van der Waals surface area contributed by atoms with Gasteiger partial charge in [-0.05, 0) is 29.3 Å². The number of hydrogen-bond donors (Lipinski definition) is 1. The van der Waals surface area contributed by atoms with E-state index in [-0.39, 0.29) is 5.82 Å². The van der Waals surface area contributed by atoms with Crippen LogP contribution in [0.4, 0.5) is 4.39 Å². The molecule has 0 aliphatic rings. The van der Waals surface area contributed by atoms with Crippen molar-refractivity contribution in [1.29, 1.82) is 0 Å². The lowest BCUT2D eigenvalue weighted by Crippen LogP contribution is -2.13. The number of hydrogen-bond acceptors (Lipinski definition) is 2. The molecule has 1 atom stereocenters. The van der Waals surface area contributed by atoms with Gasteiger partial charge in [0.05, 0.1) is 12.2 Å². The Morgan fingerprint density at radius 1 is 1.18 bits per heavy atom. The van der Waals surface area contributed by atoms with Crippen LogP contribution in [0.5, 0.6) is 0 Å². The van der Waals surface area contributed by atoms with Crippen molar-refractivity contribution in [1.82, 2.24) is 4.98 Å². The Labute approximate surface area is 115 Å². The molecule has 0 radical (unpaired) electrons. The van der Waals surface area contributed by atoms with Crippen LogP contribution >= 0.6 is 31.9 Å². The van der Waals surface area contributed by atoms with Gasteiger partial charge in [-0.3, -0.25) is 4.98 Å². The largest absolute Gasteiger partial charge is 0.320 e. The molecule has 0 spiro atoms. The van der Waals surface area contributed by atoms with Crippen molar-refractivity contribution in [3.05, 3.63) is 62.5 Å². The van der Waals surface area contributed by atoms with Crippen LogP contribution in [0, 0.1) is 5.82 Å². The van der Waals surface area contributed by atoms with E-state index in [4.69, 9.17) is 5.73 Å². The fourth-order valence-electron chi connectivity index (χ4n) is 1.53. The number of nitrogens with zero attached hydrogens (tertiary/aromatic N) is 1. The first-order valence-electron chi connectivity index (χ1n) is 4.89. The number of aromatic nitrogens is 1. The first-order valence-corrected chi connectivity index (χ1v) is 6.47. The predicted octanol–water partition coefficient (Wildman–Crippen LogP) is 3.79. The first-order chi connectivity index (χ1) is 8.08. The molecule has 0 fully saturated rings. The van der Waals surface area contributed by atoms with E-state index in [0.717, 1.165) is 20.7 Å². The van der Waals surface area contributed by atoms with Crippen LogP contribution in [0.15, 0.2) is 45.6 Å². The monoisotopic (exact) mass is 358 g/mol. The van der Waals surface area contributed by atoms with E-state index in [9.17, 15) is 4.39 Å². The highest BCUT2D eigenvalue weighted by Gasteiger charge is 2.13. The lowest BCUT2D eigenvalue weighted by atomic mass is 10.0. The molecule has 0 aliphatic heterocycles. The molecule has 0 saturated carbocycles. The van der Waals surface area contributed by atoms with E-state index in [0.29, 0.717) is 5.56 Å². The van der Waals surface area contributed by atoms with Crippen molar-refractivity contribution in [2.75, 3.05) is 0 Å². The van der Waals surface area contributed by atoms with E-state index >= 15 is 0 Å². The maximum absolute atomic E-state index is 13.1. The quantitative estimate of drug-likeness (QED) is 0.885. The van der Waals surface area contributed by atoms with Gasteiger partial charge in [0.25, 0.3) is 0 Å². The molecule has 1 aromatic carbocycles. The van der Waals surface area contributed by atoms with E-state index in [1.165, 1.54) is 6.07 Å². The minimum Gasteiger partial charge on any atom is -0.320 e. The van der Waals surface area contributed by atoms with Crippen LogP contribution in [0.3, 0.4) is 0 Å². The summed E-state index contributed by atoms with van der Waals surface area (Å²) >= 11 is 6.81. The fourth-order valence-corrected chi connectivity index (χ4v) is 2.83. The molecule has 1 heterocycles. The molecule has 0 aliphatic carbocycles. The summed E-state index contributed by atoms with van der Waals surface area (Å²) < 4.78 is 14.9. The van der Waals surface area contributed by atoms with Crippen LogP contribution in [-0.2, 0) is 0 Å². The summed E-state index contributed by atoms with van der Waals surface area (Å²) in [5.41, 5.74) is 7.62. The summed E-state index contributed by atoms with van der Waals surface area (Å²) in [4.78, 5) is 3.80. The van der Waals surface area contributed by atoms with Gasteiger partial charge in [0.15, 0.2) is 0 Å². The van der Waals surface area contributed by atoms with Crippen LogP contribution in [0.25, 0.3) is 0 Å². The van der Waals surface area contributed by atoms with Crippen molar-refractivity contribution in [3.63, 3.8) is 0 Å². The molecule has 5 heteroatoms. The molecule has 2 N–H and O–H groups in total. The summed E-state index contributed by atoms with van der Waals surface area (Å²) in [6.45, 7) is 0.